The SMILES string of the molecule is COC(=O)NC(C(=O)N1C(c2nc3ccc(C4CCCC4)cc3[nH]2)CC2CCCCC21)C(C)C. The van der Waals surface area contributed by atoms with Gasteiger partial charge >= 0.3 is 6.09 Å². The topological polar surface area (TPSA) is 87.3 Å². The molecular formula is C27H38N4O3. The van der Waals surface area contributed by atoms with E-state index in [-0.39, 0.29) is 23.9 Å². The van der Waals surface area contributed by atoms with Crippen molar-refractivity contribution in [2.45, 2.75) is 95.7 Å². The van der Waals surface area contributed by atoms with Gasteiger partial charge in [0.25, 0.3) is 0 Å². The van der Waals surface area contributed by atoms with E-state index < -0.39 is 12.1 Å². The molecule has 1 aromatic carbocycles. The Bertz CT molecular complexity index is 1040. The van der Waals surface area contributed by atoms with E-state index in [0.29, 0.717) is 11.8 Å². The lowest BCUT2D eigenvalue weighted by Gasteiger charge is -2.36. The van der Waals surface area contributed by atoms with E-state index in [0.717, 1.165) is 42.5 Å². The van der Waals surface area contributed by atoms with Gasteiger partial charge in [-0.25, -0.2) is 9.78 Å². The number of hydrogen-bond acceptors (Lipinski definition) is 4. The maximum Gasteiger partial charge on any atom is 0.407 e. The fraction of sp³-hybridized carbons (Fsp3) is 0.667. The summed E-state index contributed by atoms with van der Waals surface area (Å²) in [6.07, 6.45) is 10.0. The number of benzene rings is 1. The molecule has 4 atom stereocenters. The summed E-state index contributed by atoms with van der Waals surface area (Å²) < 4.78 is 4.82. The number of alkyl carbamates (subject to hydrolysis) is 1. The molecule has 7 nitrogen and oxygen atoms in total. The number of hydrogen-bond donors (Lipinski definition) is 2. The van der Waals surface area contributed by atoms with Crippen LogP contribution in [0.4, 0.5) is 4.79 Å². The first-order valence-corrected chi connectivity index (χ1v) is 13.1. The summed E-state index contributed by atoms with van der Waals surface area (Å²) >= 11 is 0. The molecule has 2 amide bonds. The highest BCUT2D eigenvalue weighted by atomic mass is 16.5. The van der Waals surface area contributed by atoms with Crippen LogP contribution in [0.3, 0.4) is 0 Å². The number of methoxy groups -OCH3 is 1. The molecule has 2 aliphatic carbocycles. The first-order valence-electron chi connectivity index (χ1n) is 13.1. The summed E-state index contributed by atoms with van der Waals surface area (Å²) in [5.74, 6) is 1.95. The van der Waals surface area contributed by atoms with E-state index in [4.69, 9.17) is 9.72 Å². The van der Waals surface area contributed by atoms with Crippen LogP contribution < -0.4 is 5.32 Å². The second-order valence-electron chi connectivity index (χ2n) is 10.8. The smallest absolute Gasteiger partial charge is 0.407 e. The zero-order chi connectivity index (χ0) is 23.8. The van der Waals surface area contributed by atoms with E-state index in [9.17, 15) is 9.59 Å². The van der Waals surface area contributed by atoms with Crippen molar-refractivity contribution in [2.24, 2.45) is 11.8 Å². The van der Waals surface area contributed by atoms with Crippen molar-refractivity contribution in [3.8, 4) is 0 Å². The van der Waals surface area contributed by atoms with Crippen LogP contribution in [0.2, 0.25) is 0 Å². The Morgan fingerprint density at radius 3 is 2.59 bits per heavy atom. The van der Waals surface area contributed by atoms with E-state index in [1.165, 1.54) is 44.8 Å². The molecule has 1 aliphatic heterocycles. The van der Waals surface area contributed by atoms with Crippen molar-refractivity contribution in [3.05, 3.63) is 29.6 Å². The van der Waals surface area contributed by atoms with Gasteiger partial charge in [0.15, 0.2) is 0 Å². The number of nitrogens with zero attached hydrogens (tertiary/aromatic N) is 2. The van der Waals surface area contributed by atoms with Gasteiger partial charge in [-0.2, -0.15) is 0 Å². The van der Waals surface area contributed by atoms with Crippen LogP contribution in [0.5, 0.6) is 0 Å². The molecule has 0 bridgehead atoms. The van der Waals surface area contributed by atoms with Crippen molar-refractivity contribution in [3.63, 3.8) is 0 Å². The molecule has 0 radical (unpaired) electrons. The zero-order valence-electron chi connectivity index (χ0n) is 20.7. The molecule has 3 fully saturated rings. The average Bonchev–Trinajstić information content (AvgIpc) is 3.58. The standard InChI is InChI=1S/C27H38N4O3/c1-16(2)24(30-27(33)34-3)26(32)31-22-11-7-6-10-19(22)15-23(31)25-28-20-13-12-18(14-21(20)29-25)17-8-4-5-9-17/h12-14,16-17,19,22-24H,4-11,15H2,1-3H3,(H,28,29)(H,30,33). The van der Waals surface area contributed by atoms with Crippen molar-refractivity contribution in [1.29, 1.82) is 0 Å². The highest BCUT2D eigenvalue weighted by molar-refractivity contribution is 5.87. The van der Waals surface area contributed by atoms with E-state index in [2.05, 4.69) is 33.4 Å². The lowest BCUT2D eigenvalue weighted by atomic mass is 9.84. The van der Waals surface area contributed by atoms with Gasteiger partial charge in [-0.05, 0) is 67.6 Å². The molecule has 7 heteroatoms. The Kier molecular flexibility index (Phi) is 6.54. The van der Waals surface area contributed by atoms with Gasteiger partial charge in [0.1, 0.15) is 11.9 Å². The Hall–Kier alpha value is -2.57. The molecule has 3 aliphatic rings. The van der Waals surface area contributed by atoms with E-state index in [1.54, 1.807) is 0 Å². The van der Waals surface area contributed by atoms with Gasteiger partial charge < -0.3 is 19.9 Å². The maximum absolute atomic E-state index is 13.9. The number of likely N-dealkylation sites (tertiary alicyclic amines) is 1. The summed E-state index contributed by atoms with van der Waals surface area (Å²) in [5, 5.41) is 2.79. The van der Waals surface area contributed by atoms with Crippen LogP contribution in [-0.2, 0) is 9.53 Å². The number of ether oxygens (including phenoxy) is 1. The van der Waals surface area contributed by atoms with Crippen LogP contribution in [0, 0.1) is 11.8 Å². The summed E-state index contributed by atoms with van der Waals surface area (Å²) in [5.41, 5.74) is 3.43. The predicted molar refractivity (Wildman–Crippen MR) is 131 cm³/mol. The third kappa shape index (κ3) is 4.29. The highest BCUT2D eigenvalue weighted by Gasteiger charge is 2.48. The third-order valence-corrected chi connectivity index (χ3v) is 8.40. The highest BCUT2D eigenvalue weighted by Crippen LogP contribution is 2.46. The number of H-pyrrole nitrogens is 1. The number of amides is 2. The molecule has 0 spiro atoms. The monoisotopic (exact) mass is 466 g/mol. The van der Waals surface area contributed by atoms with Gasteiger partial charge in [0.05, 0.1) is 24.2 Å². The normalized spacial score (nSPS) is 26.1. The number of carbonyl (C=O) groups excluding carboxylic acids is 2. The molecule has 1 saturated heterocycles. The van der Waals surface area contributed by atoms with Crippen LogP contribution in [0.15, 0.2) is 18.2 Å². The van der Waals surface area contributed by atoms with Crippen LogP contribution in [0.1, 0.15) is 95.0 Å². The van der Waals surface area contributed by atoms with Crippen LogP contribution in [0.25, 0.3) is 11.0 Å². The number of carbonyl (C=O) groups is 2. The van der Waals surface area contributed by atoms with Crippen LogP contribution >= 0.6 is 0 Å². The third-order valence-electron chi connectivity index (χ3n) is 8.40. The second-order valence-corrected chi connectivity index (χ2v) is 10.8. The zero-order valence-corrected chi connectivity index (χ0v) is 20.7. The Labute approximate surface area is 202 Å². The number of aromatic nitrogens is 2. The Morgan fingerprint density at radius 1 is 1.12 bits per heavy atom. The molecule has 1 aromatic heterocycles. The molecule has 34 heavy (non-hydrogen) atoms. The van der Waals surface area contributed by atoms with Gasteiger partial charge in [-0.1, -0.05) is 45.6 Å². The molecule has 2 aromatic rings. The van der Waals surface area contributed by atoms with Crippen molar-refractivity contribution >= 4 is 23.0 Å². The van der Waals surface area contributed by atoms with Crippen LogP contribution in [-0.4, -0.2) is 46.1 Å². The molecule has 5 rings (SSSR count). The van der Waals surface area contributed by atoms with E-state index >= 15 is 0 Å². The maximum atomic E-state index is 13.9. The average molecular weight is 467 g/mol. The first kappa shape index (κ1) is 23.2. The van der Waals surface area contributed by atoms with Gasteiger partial charge in [-0.3, -0.25) is 4.79 Å². The minimum atomic E-state index is -0.617. The minimum absolute atomic E-state index is 0.0214. The van der Waals surface area contributed by atoms with Gasteiger partial charge in [0.2, 0.25) is 5.91 Å². The van der Waals surface area contributed by atoms with Crippen molar-refractivity contribution in [2.75, 3.05) is 7.11 Å². The van der Waals surface area contributed by atoms with Gasteiger partial charge in [-0.15, -0.1) is 0 Å². The Balaban J connectivity index is 1.47. The fourth-order valence-corrected chi connectivity index (χ4v) is 6.60. The molecule has 2 heterocycles. The fourth-order valence-electron chi connectivity index (χ4n) is 6.60. The number of imidazole rings is 1. The summed E-state index contributed by atoms with van der Waals surface area (Å²) in [7, 11) is 1.33. The summed E-state index contributed by atoms with van der Waals surface area (Å²) in [4.78, 5) is 36.6. The first-order chi connectivity index (χ1) is 16.5. The summed E-state index contributed by atoms with van der Waals surface area (Å²) in [6, 6.07) is 6.13. The van der Waals surface area contributed by atoms with Gasteiger partial charge in [0, 0.05) is 6.04 Å². The quantitative estimate of drug-likeness (QED) is 0.615. The molecule has 2 N–H and O–H groups in total. The lowest BCUT2D eigenvalue weighted by Crippen LogP contribution is -2.53. The number of nitrogens with one attached hydrogen (secondary N) is 2. The number of rotatable bonds is 5. The largest absolute Gasteiger partial charge is 0.453 e. The summed E-state index contributed by atoms with van der Waals surface area (Å²) in [6.45, 7) is 3.93. The van der Waals surface area contributed by atoms with Crippen molar-refractivity contribution in [1.82, 2.24) is 20.2 Å². The Morgan fingerprint density at radius 2 is 1.85 bits per heavy atom. The second kappa shape index (κ2) is 9.59. The van der Waals surface area contributed by atoms with E-state index in [1.807, 2.05) is 13.8 Å². The molecule has 184 valence electrons. The van der Waals surface area contributed by atoms with Crippen molar-refractivity contribution < 1.29 is 14.3 Å². The number of aromatic amines is 1. The lowest BCUT2D eigenvalue weighted by molar-refractivity contribution is -0.138. The molecule has 2 saturated carbocycles. The number of fused-ring (bicyclic) bond motifs is 2. The minimum Gasteiger partial charge on any atom is -0.453 e. The molecular weight excluding hydrogens is 428 g/mol. The molecule has 4 unspecified atom stereocenters. The predicted octanol–water partition coefficient (Wildman–Crippen LogP) is 5.43.